The summed E-state index contributed by atoms with van der Waals surface area (Å²) in [5, 5.41) is 10.3. The Bertz CT molecular complexity index is 535. The van der Waals surface area contributed by atoms with Gasteiger partial charge in [-0.3, -0.25) is 4.79 Å². The third kappa shape index (κ3) is 3.20. The van der Waals surface area contributed by atoms with E-state index >= 15 is 0 Å². The van der Waals surface area contributed by atoms with Gasteiger partial charge in [0.2, 0.25) is 0 Å². The molecule has 1 aliphatic rings. The molecule has 1 amide bonds. The molecule has 0 heterocycles. The van der Waals surface area contributed by atoms with Crippen LogP contribution in [-0.2, 0) is 17.8 Å². The number of ether oxygens (including phenoxy) is 1. The van der Waals surface area contributed by atoms with Crippen LogP contribution in [0.2, 0.25) is 0 Å². The zero-order valence-corrected chi connectivity index (χ0v) is 11.8. The van der Waals surface area contributed by atoms with Crippen LogP contribution in [0.3, 0.4) is 0 Å². The van der Waals surface area contributed by atoms with Crippen LogP contribution in [0.4, 0.5) is 0 Å². The van der Waals surface area contributed by atoms with Crippen molar-refractivity contribution in [2.75, 3.05) is 7.11 Å². The van der Waals surface area contributed by atoms with Crippen molar-refractivity contribution in [3.63, 3.8) is 0 Å². The minimum absolute atomic E-state index is 0.00137. The van der Waals surface area contributed by atoms with Crippen molar-refractivity contribution in [3.05, 3.63) is 40.5 Å². The van der Waals surface area contributed by atoms with Gasteiger partial charge >= 0.3 is 0 Å². The lowest BCUT2D eigenvalue weighted by Crippen LogP contribution is -2.13. The minimum Gasteiger partial charge on any atom is -0.507 e. The molecule has 0 bridgehead atoms. The van der Waals surface area contributed by atoms with E-state index in [9.17, 15) is 9.90 Å². The molecule has 4 heteroatoms. The Balaban J connectivity index is 2.38. The average Bonchev–Trinajstić information content (AvgIpc) is 2.44. The van der Waals surface area contributed by atoms with Crippen molar-refractivity contribution in [1.29, 1.82) is 0 Å². The van der Waals surface area contributed by atoms with Crippen LogP contribution < -0.4 is 5.73 Å². The summed E-state index contributed by atoms with van der Waals surface area (Å²) in [5.74, 6) is -0.608. The molecule has 0 saturated heterocycles. The van der Waals surface area contributed by atoms with Gasteiger partial charge in [0.05, 0.1) is 12.2 Å². The van der Waals surface area contributed by atoms with Crippen LogP contribution >= 0.6 is 0 Å². The van der Waals surface area contributed by atoms with Crippen LogP contribution in [0.25, 0.3) is 0 Å². The van der Waals surface area contributed by atoms with E-state index in [-0.39, 0.29) is 11.3 Å². The zero-order chi connectivity index (χ0) is 14.5. The van der Waals surface area contributed by atoms with Crippen molar-refractivity contribution >= 4 is 5.91 Å². The molecule has 108 valence electrons. The zero-order valence-electron chi connectivity index (χ0n) is 11.8. The largest absolute Gasteiger partial charge is 0.507 e. The molecule has 20 heavy (non-hydrogen) atoms. The van der Waals surface area contributed by atoms with E-state index in [0.717, 1.165) is 24.0 Å². The number of rotatable bonds is 5. The molecule has 3 N–H and O–H groups in total. The second-order valence-electron chi connectivity index (χ2n) is 5.18. The number of benzene rings is 1. The molecule has 0 saturated carbocycles. The lowest BCUT2D eigenvalue weighted by atomic mass is 9.90. The number of aromatic hydroxyl groups is 1. The first-order chi connectivity index (χ1) is 9.63. The molecule has 4 nitrogen and oxygen atoms in total. The number of carbonyl (C=O) groups is 1. The van der Waals surface area contributed by atoms with Gasteiger partial charge in [-0.15, -0.1) is 0 Å². The topological polar surface area (TPSA) is 72.5 Å². The van der Waals surface area contributed by atoms with E-state index in [1.54, 1.807) is 13.2 Å². The Morgan fingerprint density at radius 3 is 2.80 bits per heavy atom. The highest BCUT2D eigenvalue weighted by Gasteiger charge is 2.17. The standard InChI is InChI=1S/C16H21NO3/c1-20-10-12-7-8-13(16(17)19)15(18)14(12)9-11-5-3-2-4-6-11/h5,7-8,18H,2-4,6,9-10H2,1H3,(H2,17,19). The number of amides is 1. The van der Waals surface area contributed by atoms with Gasteiger partial charge in [-0.1, -0.05) is 17.7 Å². The van der Waals surface area contributed by atoms with Gasteiger partial charge in [0, 0.05) is 12.7 Å². The molecule has 1 aromatic carbocycles. The van der Waals surface area contributed by atoms with Gasteiger partial charge in [-0.25, -0.2) is 0 Å². The van der Waals surface area contributed by atoms with Crippen LogP contribution in [0.15, 0.2) is 23.8 Å². The SMILES string of the molecule is COCc1ccc(C(N)=O)c(O)c1CC1=CCCCC1. The molecular weight excluding hydrogens is 254 g/mol. The summed E-state index contributed by atoms with van der Waals surface area (Å²) in [7, 11) is 1.61. The fraction of sp³-hybridized carbons (Fsp3) is 0.438. The Morgan fingerprint density at radius 2 is 2.20 bits per heavy atom. The van der Waals surface area contributed by atoms with E-state index in [0.29, 0.717) is 13.0 Å². The fourth-order valence-corrected chi connectivity index (χ4v) is 2.66. The van der Waals surface area contributed by atoms with E-state index in [1.807, 2.05) is 6.07 Å². The summed E-state index contributed by atoms with van der Waals surface area (Å²) >= 11 is 0. The fourth-order valence-electron chi connectivity index (χ4n) is 2.66. The molecule has 1 aromatic rings. The second-order valence-corrected chi connectivity index (χ2v) is 5.18. The molecule has 0 aliphatic heterocycles. The lowest BCUT2D eigenvalue weighted by molar-refractivity contribution is 0.0997. The van der Waals surface area contributed by atoms with Gasteiger partial charge in [0.1, 0.15) is 5.75 Å². The molecule has 1 aliphatic carbocycles. The molecule has 0 radical (unpaired) electrons. The maximum absolute atomic E-state index is 11.4. The Morgan fingerprint density at radius 1 is 1.40 bits per heavy atom. The Hall–Kier alpha value is -1.81. The van der Waals surface area contributed by atoms with Gasteiger partial charge < -0.3 is 15.6 Å². The molecule has 0 aromatic heterocycles. The van der Waals surface area contributed by atoms with Gasteiger partial charge in [0.25, 0.3) is 5.91 Å². The highest BCUT2D eigenvalue weighted by molar-refractivity contribution is 5.96. The number of nitrogens with two attached hydrogens (primary N) is 1. The maximum Gasteiger partial charge on any atom is 0.252 e. The maximum atomic E-state index is 11.4. The van der Waals surface area contributed by atoms with Crippen molar-refractivity contribution in [3.8, 4) is 5.75 Å². The van der Waals surface area contributed by atoms with Gasteiger partial charge in [-0.2, -0.15) is 0 Å². The predicted molar refractivity (Wildman–Crippen MR) is 77.6 cm³/mol. The van der Waals surface area contributed by atoms with Crippen LogP contribution in [0, 0.1) is 0 Å². The quantitative estimate of drug-likeness (QED) is 0.811. The first-order valence-electron chi connectivity index (χ1n) is 6.94. The van der Waals surface area contributed by atoms with Crippen LogP contribution in [-0.4, -0.2) is 18.1 Å². The minimum atomic E-state index is -0.606. The van der Waals surface area contributed by atoms with E-state index in [2.05, 4.69) is 6.08 Å². The number of methoxy groups -OCH3 is 1. The summed E-state index contributed by atoms with van der Waals surface area (Å²) in [6.07, 6.45) is 7.43. The number of hydrogen-bond acceptors (Lipinski definition) is 3. The first kappa shape index (κ1) is 14.6. The smallest absolute Gasteiger partial charge is 0.252 e. The first-order valence-corrected chi connectivity index (χ1v) is 6.94. The summed E-state index contributed by atoms with van der Waals surface area (Å²) in [6, 6.07) is 3.37. The predicted octanol–water partition coefficient (Wildman–Crippen LogP) is 2.68. The van der Waals surface area contributed by atoms with Crippen molar-refractivity contribution in [2.45, 2.75) is 38.7 Å². The number of hydrogen-bond donors (Lipinski definition) is 2. The summed E-state index contributed by atoms with van der Waals surface area (Å²) < 4.78 is 5.17. The average molecular weight is 275 g/mol. The number of primary amides is 1. The Kier molecular flexibility index (Phi) is 4.79. The van der Waals surface area contributed by atoms with E-state index < -0.39 is 5.91 Å². The third-order valence-corrected chi connectivity index (χ3v) is 3.73. The molecule has 0 unspecified atom stereocenters. The van der Waals surface area contributed by atoms with Crippen molar-refractivity contribution in [1.82, 2.24) is 0 Å². The van der Waals surface area contributed by atoms with Crippen LogP contribution in [0.5, 0.6) is 5.75 Å². The summed E-state index contributed by atoms with van der Waals surface area (Å²) in [6.45, 7) is 0.412. The Labute approximate surface area is 119 Å². The van der Waals surface area contributed by atoms with E-state index in [4.69, 9.17) is 10.5 Å². The highest BCUT2D eigenvalue weighted by atomic mass is 16.5. The molecule has 0 spiro atoms. The summed E-state index contributed by atoms with van der Waals surface area (Å²) in [4.78, 5) is 11.4. The number of carbonyl (C=O) groups excluding carboxylic acids is 1. The van der Waals surface area contributed by atoms with Gasteiger partial charge in [-0.05, 0) is 43.7 Å². The highest BCUT2D eigenvalue weighted by Crippen LogP contribution is 2.31. The lowest BCUT2D eigenvalue weighted by Gasteiger charge is -2.17. The van der Waals surface area contributed by atoms with E-state index in [1.165, 1.54) is 18.4 Å². The number of phenols is 1. The van der Waals surface area contributed by atoms with Gasteiger partial charge in [0.15, 0.2) is 0 Å². The third-order valence-electron chi connectivity index (χ3n) is 3.73. The summed E-state index contributed by atoms with van der Waals surface area (Å²) in [5.41, 5.74) is 8.45. The molecule has 2 rings (SSSR count). The number of allylic oxidation sites excluding steroid dienone is 2. The van der Waals surface area contributed by atoms with Crippen molar-refractivity contribution in [2.24, 2.45) is 5.73 Å². The molecular formula is C16H21NO3. The van der Waals surface area contributed by atoms with Crippen LogP contribution in [0.1, 0.15) is 47.2 Å². The molecule has 0 fully saturated rings. The monoisotopic (exact) mass is 275 g/mol. The molecule has 0 atom stereocenters. The second kappa shape index (κ2) is 6.57. The normalized spacial score (nSPS) is 14.9. The van der Waals surface area contributed by atoms with Crippen molar-refractivity contribution < 1.29 is 14.6 Å².